The largest absolute Gasteiger partial charge is 0.496 e. The molecule has 33 heavy (non-hydrogen) atoms. The van der Waals surface area contributed by atoms with Crippen LogP contribution in [0.25, 0.3) is 11.0 Å². The highest BCUT2D eigenvalue weighted by atomic mass is 16.5. The third-order valence-corrected chi connectivity index (χ3v) is 6.08. The highest BCUT2D eigenvalue weighted by Crippen LogP contribution is 2.27. The summed E-state index contributed by atoms with van der Waals surface area (Å²) in [4.78, 5) is 8.91. The second kappa shape index (κ2) is 10.8. The molecule has 9 heteroatoms. The molecule has 3 aromatic rings. The van der Waals surface area contributed by atoms with E-state index in [1.54, 1.807) is 7.11 Å². The van der Waals surface area contributed by atoms with Gasteiger partial charge in [-0.2, -0.15) is 10.1 Å². The molecule has 0 bridgehead atoms. The zero-order valence-corrected chi connectivity index (χ0v) is 19.9. The van der Waals surface area contributed by atoms with Crippen molar-refractivity contribution < 1.29 is 9.47 Å². The van der Waals surface area contributed by atoms with Crippen LogP contribution in [0.15, 0.2) is 18.2 Å². The van der Waals surface area contributed by atoms with Crippen LogP contribution in [0.1, 0.15) is 49.4 Å². The SMILES string of the molecule is CCCCNc1nc(N)nc2c(C)nn(Cc3ccc(CNC4CCOCC4)cc3OC)c12. The molecule has 0 aliphatic carbocycles. The number of aryl methyl sites for hydroxylation is 1. The van der Waals surface area contributed by atoms with E-state index in [0.717, 1.165) is 85.8 Å². The monoisotopic (exact) mass is 453 g/mol. The van der Waals surface area contributed by atoms with Crippen molar-refractivity contribution in [2.24, 2.45) is 0 Å². The van der Waals surface area contributed by atoms with Gasteiger partial charge >= 0.3 is 0 Å². The fraction of sp³-hybridized carbons (Fsp3) is 0.542. The summed E-state index contributed by atoms with van der Waals surface area (Å²) in [5, 5.41) is 11.8. The van der Waals surface area contributed by atoms with Crippen molar-refractivity contribution in [3.63, 3.8) is 0 Å². The zero-order chi connectivity index (χ0) is 23.2. The van der Waals surface area contributed by atoms with Crippen LogP contribution in [-0.2, 0) is 17.8 Å². The second-order valence-electron chi connectivity index (χ2n) is 8.56. The molecule has 1 aliphatic rings. The number of nitrogens with two attached hydrogens (primary N) is 1. The summed E-state index contributed by atoms with van der Waals surface area (Å²) in [6, 6.07) is 6.88. The molecule has 0 atom stereocenters. The van der Waals surface area contributed by atoms with Gasteiger partial charge in [0.15, 0.2) is 5.82 Å². The average Bonchev–Trinajstić information content (AvgIpc) is 3.14. The molecule has 1 aromatic carbocycles. The first-order chi connectivity index (χ1) is 16.1. The summed E-state index contributed by atoms with van der Waals surface area (Å²) >= 11 is 0. The van der Waals surface area contributed by atoms with E-state index < -0.39 is 0 Å². The summed E-state index contributed by atoms with van der Waals surface area (Å²) in [6.07, 6.45) is 4.27. The highest BCUT2D eigenvalue weighted by molar-refractivity contribution is 5.88. The fourth-order valence-electron chi connectivity index (χ4n) is 4.22. The molecule has 0 unspecified atom stereocenters. The first-order valence-corrected chi connectivity index (χ1v) is 11.8. The van der Waals surface area contributed by atoms with E-state index in [1.165, 1.54) is 5.56 Å². The van der Waals surface area contributed by atoms with E-state index >= 15 is 0 Å². The number of rotatable bonds is 10. The minimum atomic E-state index is 0.253. The van der Waals surface area contributed by atoms with Crippen LogP contribution in [0.3, 0.4) is 0 Å². The highest BCUT2D eigenvalue weighted by Gasteiger charge is 2.18. The summed E-state index contributed by atoms with van der Waals surface area (Å²) in [7, 11) is 1.71. The van der Waals surface area contributed by atoms with Gasteiger partial charge in [-0.05, 0) is 37.8 Å². The minimum Gasteiger partial charge on any atom is -0.496 e. The number of hydrogen-bond donors (Lipinski definition) is 3. The molecule has 0 saturated carbocycles. The molecule has 4 rings (SSSR count). The summed E-state index contributed by atoms with van der Waals surface area (Å²) in [5.41, 5.74) is 10.7. The predicted molar refractivity (Wildman–Crippen MR) is 131 cm³/mol. The Morgan fingerprint density at radius 1 is 1.24 bits per heavy atom. The van der Waals surface area contributed by atoms with Crippen LogP contribution in [0, 0.1) is 6.92 Å². The number of fused-ring (bicyclic) bond motifs is 1. The Morgan fingerprint density at radius 2 is 2.06 bits per heavy atom. The van der Waals surface area contributed by atoms with Crippen molar-refractivity contribution in [3.8, 4) is 5.75 Å². The molecule has 1 saturated heterocycles. The lowest BCUT2D eigenvalue weighted by Gasteiger charge is -2.23. The molecule has 178 valence electrons. The Morgan fingerprint density at radius 3 is 2.82 bits per heavy atom. The van der Waals surface area contributed by atoms with Gasteiger partial charge in [0.2, 0.25) is 5.95 Å². The average molecular weight is 454 g/mol. The Bertz CT molecular complexity index is 1080. The lowest BCUT2D eigenvalue weighted by Crippen LogP contribution is -2.34. The van der Waals surface area contributed by atoms with Crippen LogP contribution >= 0.6 is 0 Å². The molecular formula is C24H35N7O2. The smallest absolute Gasteiger partial charge is 0.222 e. The number of nitrogens with one attached hydrogen (secondary N) is 2. The maximum absolute atomic E-state index is 5.97. The van der Waals surface area contributed by atoms with E-state index in [1.807, 2.05) is 11.6 Å². The predicted octanol–water partition coefficient (Wildman–Crippen LogP) is 3.25. The van der Waals surface area contributed by atoms with Gasteiger partial charge in [-0.1, -0.05) is 25.5 Å². The molecule has 3 heterocycles. The van der Waals surface area contributed by atoms with E-state index in [-0.39, 0.29) is 5.95 Å². The number of ether oxygens (including phenoxy) is 2. The second-order valence-corrected chi connectivity index (χ2v) is 8.56. The number of methoxy groups -OCH3 is 1. The molecule has 0 amide bonds. The van der Waals surface area contributed by atoms with E-state index in [9.17, 15) is 0 Å². The first kappa shape index (κ1) is 23.3. The van der Waals surface area contributed by atoms with Crippen LogP contribution < -0.4 is 21.1 Å². The van der Waals surface area contributed by atoms with Crippen LogP contribution in [-0.4, -0.2) is 52.7 Å². The minimum absolute atomic E-state index is 0.253. The Hall–Kier alpha value is -2.91. The summed E-state index contributed by atoms with van der Waals surface area (Å²) < 4.78 is 13.1. The summed E-state index contributed by atoms with van der Waals surface area (Å²) in [6.45, 7) is 7.97. The van der Waals surface area contributed by atoms with Crippen molar-refractivity contribution in [3.05, 3.63) is 35.0 Å². The number of hydrogen-bond acceptors (Lipinski definition) is 8. The van der Waals surface area contributed by atoms with Crippen molar-refractivity contribution in [2.45, 2.75) is 58.7 Å². The molecule has 2 aromatic heterocycles. The zero-order valence-electron chi connectivity index (χ0n) is 19.9. The van der Waals surface area contributed by atoms with E-state index in [0.29, 0.717) is 12.6 Å². The standard InChI is InChI=1S/C24H35N7O2/c1-4-5-10-26-23-22-21(28-24(25)29-23)16(2)30-31(22)15-18-7-6-17(13-20(18)32-3)14-27-19-8-11-33-12-9-19/h6-7,13,19,27H,4-5,8-12,14-15H2,1-3H3,(H3,25,26,28,29). The van der Waals surface area contributed by atoms with E-state index in [2.05, 4.69) is 45.7 Å². The summed E-state index contributed by atoms with van der Waals surface area (Å²) in [5.74, 6) is 1.82. The van der Waals surface area contributed by atoms with Crippen LogP contribution in [0.4, 0.5) is 11.8 Å². The normalized spacial score (nSPS) is 14.6. The van der Waals surface area contributed by atoms with Gasteiger partial charge in [0.1, 0.15) is 16.8 Å². The molecule has 0 radical (unpaired) electrons. The molecular weight excluding hydrogens is 418 g/mol. The van der Waals surface area contributed by atoms with Crippen molar-refractivity contribution in [2.75, 3.05) is 37.9 Å². The Kier molecular flexibility index (Phi) is 7.61. The van der Waals surface area contributed by atoms with E-state index in [4.69, 9.17) is 20.3 Å². The van der Waals surface area contributed by atoms with Gasteiger partial charge < -0.3 is 25.8 Å². The fourth-order valence-corrected chi connectivity index (χ4v) is 4.22. The first-order valence-electron chi connectivity index (χ1n) is 11.8. The van der Waals surface area contributed by atoms with Gasteiger partial charge in [0.05, 0.1) is 19.3 Å². The topological polar surface area (TPSA) is 112 Å². The molecule has 9 nitrogen and oxygen atoms in total. The Labute approximate surface area is 195 Å². The van der Waals surface area contributed by atoms with Crippen molar-refractivity contribution >= 4 is 22.8 Å². The lowest BCUT2D eigenvalue weighted by atomic mass is 10.1. The number of benzene rings is 1. The number of unbranched alkanes of at least 4 members (excludes halogenated alkanes) is 1. The maximum atomic E-state index is 5.97. The van der Waals surface area contributed by atoms with Gasteiger partial charge in [-0.3, -0.25) is 4.68 Å². The third-order valence-electron chi connectivity index (χ3n) is 6.08. The number of nitrogens with zero attached hydrogens (tertiary/aromatic N) is 4. The molecule has 1 aliphatic heterocycles. The third kappa shape index (κ3) is 5.54. The van der Waals surface area contributed by atoms with Gasteiger partial charge in [-0.15, -0.1) is 0 Å². The molecule has 1 fully saturated rings. The van der Waals surface area contributed by atoms with Gasteiger partial charge in [0, 0.05) is 37.9 Å². The Balaban J connectivity index is 1.56. The van der Waals surface area contributed by atoms with Gasteiger partial charge in [0.25, 0.3) is 0 Å². The van der Waals surface area contributed by atoms with Crippen LogP contribution in [0.2, 0.25) is 0 Å². The molecule has 4 N–H and O–H groups in total. The number of nitrogen functional groups attached to an aromatic ring is 1. The maximum Gasteiger partial charge on any atom is 0.222 e. The number of anilines is 2. The quantitative estimate of drug-likeness (QED) is 0.401. The van der Waals surface area contributed by atoms with Crippen molar-refractivity contribution in [1.82, 2.24) is 25.1 Å². The number of aromatic nitrogens is 4. The van der Waals surface area contributed by atoms with Crippen LogP contribution in [0.5, 0.6) is 5.75 Å². The molecule has 0 spiro atoms. The van der Waals surface area contributed by atoms with Gasteiger partial charge in [-0.25, -0.2) is 4.98 Å². The van der Waals surface area contributed by atoms with Crippen molar-refractivity contribution in [1.29, 1.82) is 0 Å². The lowest BCUT2D eigenvalue weighted by molar-refractivity contribution is 0.0776.